The summed E-state index contributed by atoms with van der Waals surface area (Å²) in [7, 11) is 0. The number of carbonyl (C=O) groups excluding carboxylic acids is 1. The minimum absolute atomic E-state index is 0.123. The van der Waals surface area contributed by atoms with Crippen LogP contribution >= 0.6 is 0 Å². The minimum Gasteiger partial charge on any atom is -0.346 e. The van der Waals surface area contributed by atoms with Crippen LogP contribution in [-0.2, 0) is 9.47 Å². The SMILES string of the molecule is C[C@@H](CNC(=O)N1CCCC2(C1)OCCO2)c1ccc(F)c(F)c1. The van der Waals surface area contributed by atoms with Gasteiger partial charge in [-0.15, -0.1) is 0 Å². The maximum Gasteiger partial charge on any atom is 0.317 e. The number of carbonyl (C=O) groups is 1. The zero-order valence-corrected chi connectivity index (χ0v) is 13.7. The van der Waals surface area contributed by atoms with E-state index < -0.39 is 17.4 Å². The lowest BCUT2D eigenvalue weighted by Crippen LogP contribution is -2.54. The highest BCUT2D eigenvalue weighted by molar-refractivity contribution is 5.74. The van der Waals surface area contributed by atoms with E-state index in [2.05, 4.69) is 5.32 Å². The molecule has 2 heterocycles. The number of piperidine rings is 1. The van der Waals surface area contributed by atoms with Crippen LogP contribution in [-0.4, -0.2) is 49.6 Å². The van der Waals surface area contributed by atoms with Gasteiger partial charge in [0.1, 0.15) is 0 Å². The van der Waals surface area contributed by atoms with Crippen molar-refractivity contribution in [3.05, 3.63) is 35.4 Å². The summed E-state index contributed by atoms with van der Waals surface area (Å²) in [4.78, 5) is 14.1. The van der Waals surface area contributed by atoms with Crippen molar-refractivity contribution >= 4 is 6.03 Å². The fourth-order valence-electron chi connectivity index (χ4n) is 3.18. The summed E-state index contributed by atoms with van der Waals surface area (Å²) < 4.78 is 37.6. The smallest absolute Gasteiger partial charge is 0.317 e. The monoisotopic (exact) mass is 340 g/mol. The molecule has 3 rings (SSSR count). The van der Waals surface area contributed by atoms with E-state index in [4.69, 9.17) is 9.47 Å². The second kappa shape index (κ2) is 7.03. The Morgan fingerprint density at radius 1 is 1.33 bits per heavy atom. The summed E-state index contributed by atoms with van der Waals surface area (Å²) >= 11 is 0. The van der Waals surface area contributed by atoms with Gasteiger partial charge in [0.2, 0.25) is 0 Å². The number of nitrogens with zero attached hydrogens (tertiary/aromatic N) is 1. The van der Waals surface area contributed by atoms with E-state index in [0.29, 0.717) is 38.4 Å². The largest absolute Gasteiger partial charge is 0.346 e. The number of amides is 2. The molecule has 1 aromatic rings. The second-order valence-corrected chi connectivity index (χ2v) is 6.39. The van der Waals surface area contributed by atoms with E-state index in [1.54, 1.807) is 4.90 Å². The summed E-state index contributed by atoms with van der Waals surface area (Å²) in [5.74, 6) is -2.52. The molecule has 2 amide bonds. The van der Waals surface area contributed by atoms with E-state index in [1.807, 2.05) is 6.92 Å². The highest BCUT2D eigenvalue weighted by atomic mass is 19.2. The molecule has 2 aliphatic heterocycles. The van der Waals surface area contributed by atoms with E-state index in [0.717, 1.165) is 18.9 Å². The first-order valence-corrected chi connectivity index (χ1v) is 8.25. The number of halogens is 2. The average molecular weight is 340 g/mol. The van der Waals surface area contributed by atoms with Crippen molar-refractivity contribution in [2.45, 2.75) is 31.5 Å². The predicted molar refractivity (Wildman–Crippen MR) is 83.6 cm³/mol. The Kier molecular flexibility index (Phi) is 5.01. The van der Waals surface area contributed by atoms with Crippen LogP contribution < -0.4 is 5.32 Å². The topological polar surface area (TPSA) is 50.8 Å². The summed E-state index contributed by atoms with van der Waals surface area (Å²) in [6.07, 6.45) is 1.62. The third kappa shape index (κ3) is 3.67. The van der Waals surface area contributed by atoms with E-state index >= 15 is 0 Å². The quantitative estimate of drug-likeness (QED) is 0.920. The van der Waals surface area contributed by atoms with Crippen molar-refractivity contribution in [2.75, 3.05) is 32.8 Å². The Balaban J connectivity index is 1.53. The summed E-state index contributed by atoms with van der Waals surface area (Å²) in [5, 5.41) is 2.85. The highest BCUT2D eigenvalue weighted by Gasteiger charge is 2.42. The Labute approximate surface area is 139 Å². The van der Waals surface area contributed by atoms with Crippen LogP contribution in [0.2, 0.25) is 0 Å². The molecule has 5 nitrogen and oxygen atoms in total. The van der Waals surface area contributed by atoms with Crippen LogP contribution in [0.4, 0.5) is 13.6 Å². The van der Waals surface area contributed by atoms with Crippen molar-refractivity contribution in [3.8, 4) is 0 Å². The third-order valence-electron chi connectivity index (χ3n) is 4.59. The summed E-state index contributed by atoms with van der Waals surface area (Å²) in [6.45, 7) is 4.38. The lowest BCUT2D eigenvalue weighted by atomic mass is 10.0. The van der Waals surface area contributed by atoms with Gasteiger partial charge in [0.05, 0.1) is 19.8 Å². The molecule has 1 spiro atoms. The van der Waals surface area contributed by atoms with Crippen LogP contribution in [0, 0.1) is 11.6 Å². The number of benzene rings is 1. The number of nitrogens with one attached hydrogen (secondary N) is 1. The Hall–Kier alpha value is -1.73. The van der Waals surface area contributed by atoms with E-state index in [-0.39, 0.29) is 11.9 Å². The Morgan fingerprint density at radius 2 is 2.08 bits per heavy atom. The molecule has 0 aromatic heterocycles. The number of urea groups is 1. The lowest BCUT2D eigenvalue weighted by Gasteiger charge is -2.38. The number of ether oxygens (including phenoxy) is 2. The molecule has 0 bridgehead atoms. The molecule has 132 valence electrons. The van der Waals surface area contributed by atoms with Gasteiger partial charge in [-0.3, -0.25) is 0 Å². The van der Waals surface area contributed by atoms with Crippen molar-refractivity contribution in [2.24, 2.45) is 0 Å². The third-order valence-corrected chi connectivity index (χ3v) is 4.59. The molecular formula is C17H22F2N2O3. The molecule has 1 N–H and O–H groups in total. The number of rotatable bonds is 3. The van der Waals surface area contributed by atoms with Crippen molar-refractivity contribution in [1.82, 2.24) is 10.2 Å². The minimum atomic E-state index is -0.876. The molecule has 2 fully saturated rings. The molecule has 1 aromatic carbocycles. The van der Waals surface area contributed by atoms with Crippen LogP contribution in [0.25, 0.3) is 0 Å². The molecule has 2 aliphatic rings. The standard InChI is InChI=1S/C17H22F2N2O3/c1-12(13-3-4-14(18)15(19)9-13)10-20-16(22)21-6-2-5-17(11-21)23-7-8-24-17/h3-4,9,12H,2,5-8,10-11H2,1H3,(H,20,22)/t12-/m0/s1. The van der Waals surface area contributed by atoms with Crippen LogP contribution in [0.3, 0.4) is 0 Å². The van der Waals surface area contributed by atoms with Gasteiger partial charge >= 0.3 is 6.03 Å². The zero-order valence-electron chi connectivity index (χ0n) is 13.7. The fraction of sp³-hybridized carbons (Fsp3) is 0.588. The molecule has 2 saturated heterocycles. The molecule has 0 radical (unpaired) electrons. The van der Waals surface area contributed by atoms with Gasteiger partial charge in [-0.1, -0.05) is 13.0 Å². The fourth-order valence-corrected chi connectivity index (χ4v) is 3.18. The Morgan fingerprint density at radius 3 is 2.79 bits per heavy atom. The normalized spacial score (nSPS) is 21.0. The number of hydrogen-bond donors (Lipinski definition) is 1. The van der Waals surface area contributed by atoms with Gasteiger partial charge in [0.15, 0.2) is 17.4 Å². The zero-order chi connectivity index (χ0) is 17.2. The Bertz CT molecular complexity index is 605. The maximum absolute atomic E-state index is 13.3. The van der Waals surface area contributed by atoms with Gasteiger partial charge < -0.3 is 19.7 Å². The molecule has 24 heavy (non-hydrogen) atoms. The molecule has 1 atom stereocenters. The molecule has 0 saturated carbocycles. The van der Waals surface area contributed by atoms with Gasteiger partial charge in [0, 0.05) is 19.5 Å². The molecular weight excluding hydrogens is 318 g/mol. The molecule has 7 heteroatoms. The predicted octanol–water partition coefficient (Wildman–Crippen LogP) is 2.62. The summed E-state index contributed by atoms with van der Waals surface area (Å²) in [5.41, 5.74) is 0.645. The van der Waals surface area contributed by atoms with Crippen LogP contribution in [0.15, 0.2) is 18.2 Å². The lowest BCUT2D eigenvalue weighted by molar-refractivity contribution is -0.182. The molecule has 0 aliphatic carbocycles. The van der Waals surface area contributed by atoms with Gasteiger partial charge in [-0.2, -0.15) is 0 Å². The second-order valence-electron chi connectivity index (χ2n) is 6.39. The summed E-state index contributed by atoms with van der Waals surface area (Å²) in [6, 6.07) is 3.61. The highest BCUT2D eigenvalue weighted by Crippen LogP contribution is 2.30. The first kappa shape index (κ1) is 17.1. The van der Waals surface area contributed by atoms with Crippen molar-refractivity contribution < 1.29 is 23.0 Å². The van der Waals surface area contributed by atoms with E-state index in [9.17, 15) is 13.6 Å². The van der Waals surface area contributed by atoms with Gasteiger partial charge in [-0.25, -0.2) is 13.6 Å². The van der Waals surface area contributed by atoms with Crippen molar-refractivity contribution in [3.63, 3.8) is 0 Å². The number of likely N-dealkylation sites (tertiary alicyclic amines) is 1. The van der Waals surface area contributed by atoms with Crippen molar-refractivity contribution in [1.29, 1.82) is 0 Å². The van der Waals surface area contributed by atoms with Crippen LogP contribution in [0.5, 0.6) is 0 Å². The maximum atomic E-state index is 13.3. The first-order chi connectivity index (χ1) is 11.5. The number of hydrogen-bond acceptors (Lipinski definition) is 3. The molecule has 0 unspecified atom stereocenters. The van der Waals surface area contributed by atoms with E-state index in [1.165, 1.54) is 12.1 Å². The van der Waals surface area contributed by atoms with Crippen LogP contribution in [0.1, 0.15) is 31.2 Å². The van der Waals surface area contributed by atoms with Gasteiger partial charge in [0.25, 0.3) is 0 Å². The van der Waals surface area contributed by atoms with Gasteiger partial charge in [-0.05, 0) is 30.0 Å². The average Bonchev–Trinajstić information content (AvgIpc) is 3.02. The first-order valence-electron chi connectivity index (χ1n) is 8.25.